The fraction of sp³-hybridized carbons (Fsp3) is 0.226. The van der Waals surface area contributed by atoms with Gasteiger partial charge in [-0.05, 0) is 42.0 Å². The number of phenols is 4. The lowest BCUT2D eigenvalue weighted by Gasteiger charge is -2.50. The zero-order valence-corrected chi connectivity index (χ0v) is 21.7. The molecule has 0 saturated carbocycles. The summed E-state index contributed by atoms with van der Waals surface area (Å²) < 4.78 is 24.5. The van der Waals surface area contributed by atoms with Gasteiger partial charge in [-0.1, -0.05) is 12.1 Å². The molecule has 4 aromatic carbocycles. The lowest BCUT2D eigenvalue weighted by Crippen LogP contribution is -2.57. The standard InChI is InChI=1S/C31H26O10/c1-38-18-10-21(35)25-23(11-18)40-31(15-4-8-17(33)9-5-15)30(37)27(25)26-24(41-31)13-20(34)19-12-22(36)28(39-29(19)26)14-2-6-16(32)7-3-14/h2-11,13,22,27-28,30,32-37H,12H2,1H3/t22-,27-,28-,30-,31+/m1/s1. The van der Waals surface area contributed by atoms with Crippen molar-refractivity contribution in [3.63, 3.8) is 0 Å². The van der Waals surface area contributed by atoms with Gasteiger partial charge in [-0.15, -0.1) is 0 Å². The number of aliphatic hydroxyl groups excluding tert-OH is 2. The molecule has 0 radical (unpaired) electrons. The zero-order chi connectivity index (χ0) is 28.6. The first-order valence-electron chi connectivity index (χ1n) is 13.0. The molecule has 10 heteroatoms. The number of ether oxygens (including phenoxy) is 4. The number of rotatable bonds is 3. The minimum atomic E-state index is -1.83. The lowest BCUT2D eigenvalue weighted by atomic mass is 9.74. The van der Waals surface area contributed by atoms with E-state index in [9.17, 15) is 30.6 Å². The predicted octanol–water partition coefficient (Wildman–Crippen LogP) is 3.69. The minimum Gasteiger partial charge on any atom is -0.508 e. The molecule has 210 valence electrons. The zero-order valence-electron chi connectivity index (χ0n) is 21.7. The van der Waals surface area contributed by atoms with Crippen molar-refractivity contribution >= 4 is 0 Å². The maximum absolute atomic E-state index is 12.0. The van der Waals surface area contributed by atoms with Gasteiger partial charge in [-0.2, -0.15) is 0 Å². The second-order valence-corrected chi connectivity index (χ2v) is 10.4. The number of aromatic hydroxyl groups is 4. The van der Waals surface area contributed by atoms with E-state index in [0.29, 0.717) is 28.0 Å². The summed E-state index contributed by atoms with van der Waals surface area (Å²) in [6.45, 7) is 0. The van der Waals surface area contributed by atoms with E-state index < -0.39 is 30.0 Å². The van der Waals surface area contributed by atoms with Crippen LogP contribution in [0.15, 0.2) is 66.7 Å². The molecule has 0 saturated heterocycles. The van der Waals surface area contributed by atoms with E-state index in [2.05, 4.69) is 0 Å². The molecule has 3 aliphatic rings. The van der Waals surface area contributed by atoms with Gasteiger partial charge >= 0.3 is 5.79 Å². The van der Waals surface area contributed by atoms with Crippen LogP contribution in [0.4, 0.5) is 0 Å². The first kappa shape index (κ1) is 25.2. The molecule has 7 rings (SSSR count). The topological polar surface area (TPSA) is 158 Å². The molecule has 0 aromatic heterocycles. The summed E-state index contributed by atoms with van der Waals surface area (Å²) in [5.74, 6) is -2.25. The van der Waals surface area contributed by atoms with Gasteiger partial charge in [-0.3, -0.25) is 0 Å². The van der Waals surface area contributed by atoms with Crippen LogP contribution in [-0.2, 0) is 12.2 Å². The molecule has 0 amide bonds. The Morgan fingerprint density at radius 2 is 1.41 bits per heavy atom. The van der Waals surface area contributed by atoms with Crippen LogP contribution in [-0.4, -0.2) is 50.0 Å². The van der Waals surface area contributed by atoms with Gasteiger partial charge in [0.05, 0.1) is 19.1 Å². The van der Waals surface area contributed by atoms with Crippen molar-refractivity contribution in [3.8, 4) is 46.0 Å². The van der Waals surface area contributed by atoms with Gasteiger partial charge < -0.3 is 49.6 Å². The summed E-state index contributed by atoms with van der Waals surface area (Å²) in [6.07, 6.45) is -3.29. The molecule has 2 bridgehead atoms. The summed E-state index contributed by atoms with van der Waals surface area (Å²) in [4.78, 5) is 0. The van der Waals surface area contributed by atoms with Gasteiger partial charge in [0, 0.05) is 46.9 Å². The summed E-state index contributed by atoms with van der Waals surface area (Å²) in [6, 6.07) is 16.6. The van der Waals surface area contributed by atoms with Crippen molar-refractivity contribution < 1.29 is 49.6 Å². The van der Waals surface area contributed by atoms with Gasteiger partial charge in [0.1, 0.15) is 58.2 Å². The normalized spacial score (nSPS) is 25.4. The maximum atomic E-state index is 12.0. The molecule has 0 aliphatic carbocycles. The van der Waals surface area contributed by atoms with E-state index in [1.165, 1.54) is 43.5 Å². The molecule has 41 heavy (non-hydrogen) atoms. The number of hydrogen-bond acceptors (Lipinski definition) is 10. The van der Waals surface area contributed by atoms with Crippen molar-refractivity contribution in [3.05, 3.63) is 94.5 Å². The van der Waals surface area contributed by atoms with Crippen LogP contribution in [0.1, 0.15) is 39.8 Å². The van der Waals surface area contributed by atoms with Gasteiger partial charge in [0.2, 0.25) is 0 Å². The van der Waals surface area contributed by atoms with Crippen LogP contribution >= 0.6 is 0 Å². The van der Waals surface area contributed by atoms with Crippen LogP contribution in [0.25, 0.3) is 0 Å². The summed E-state index contributed by atoms with van der Waals surface area (Å²) in [5, 5.41) is 64.9. The molecule has 0 spiro atoms. The van der Waals surface area contributed by atoms with Crippen LogP contribution in [0.2, 0.25) is 0 Å². The minimum absolute atomic E-state index is 0.00173. The smallest absolute Gasteiger partial charge is 0.305 e. The molecule has 10 nitrogen and oxygen atoms in total. The Bertz CT molecular complexity index is 1670. The third kappa shape index (κ3) is 3.64. The van der Waals surface area contributed by atoms with Crippen molar-refractivity contribution in [2.75, 3.05) is 7.11 Å². The van der Waals surface area contributed by atoms with Crippen molar-refractivity contribution in [2.45, 2.75) is 36.4 Å². The average Bonchev–Trinajstić information content (AvgIpc) is 2.94. The van der Waals surface area contributed by atoms with E-state index in [1.54, 1.807) is 30.3 Å². The Morgan fingerprint density at radius 1 is 0.780 bits per heavy atom. The molecular formula is C31H26O10. The highest BCUT2D eigenvalue weighted by atomic mass is 16.7. The quantitative estimate of drug-likeness (QED) is 0.219. The van der Waals surface area contributed by atoms with Crippen molar-refractivity contribution in [1.82, 2.24) is 0 Å². The summed E-state index contributed by atoms with van der Waals surface area (Å²) in [5.41, 5.74) is 1.91. The highest BCUT2D eigenvalue weighted by molar-refractivity contribution is 5.68. The number of benzene rings is 4. The fourth-order valence-electron chi connectivity index (χ4n) is 6.10. The third-order valence-corrected chi connectivity index (χ3v) is 8.04. The molecule has 3 aliphatic heterocycles. The van der Waals surface area contributed by atoms with Crippen LogP contribution in [0.3, 0.4) is 0 Å². The first-order chi connectivity index (χ1) is 19.7. The fourth-order valence-corrected chi connectivity index (χ4v) is 6.10. The number of fused-ring (bicyclic) bond motifs is 8. The van der Waals surface area contributed by atoms with E-state index in [0.717, 1.165) is 0 Å². The van der Waals surface area contributed by atoms with E-state index in [1.807, 2.05) is 0 Å². The largest absolute Gasteiger partial charge is 0.508 e. The number of hydrogen-bond donors (Lipinski definition) is 6. The second-order valence-electron chi connectivity index (χ2n) is 10.4. The Hall–Kier alpha value is -4.80. The van der Waals surface area contributed by atoms with Crippen molar-refractivity contribution in [1.29, 1.82) is 0 Å². The molecule has 4 aromatic rings. The highest BCUT2D eigenvalue weighted by Crippen LogP contribution is 2.62. The van der Waals surface area contributed by atoms with Crippen LogP contribution in [0.5, 0.6) is 46.0 Å². The molecule has 0 unspecified atom stereocenters. The van der Waals surface area contributed by atoms with Crippen LogP contribution < -0.4 is 18.9 Å². The molecule has 5 atom stereocenters. The van der Waals surface area contributed by atoms with Crippen LogP contribution in [0, 0.1) is 0 Å². The monoisotopic (exact) mass is 558 g/mol. The van der Waals surface area contributed by atoms with Gasteiger partial charge in [0.25, 0.3) is 0 Å². The Balaban J connectivity index is 1.47. The third-order valence-electron chi connectivity index (χ3n) is 8.04. The van der Waals surface area contributed by atoms with E-state index in [-0.39, 0.29) is 52.2 Å². The number of methoxy groups -OCH3 is 1. The second kappa shape index (κ2) is 8.85. The lowest BCUT2D eigenvalue weighted by molar-refractivity contribution is -0.219. The van der Waals surface area contributed by atoms with Gasteiger partial charge in [-0.25, -0.2) is 0 Å². The van der Waals surface area contributed by atoms with E-state index in [4.69, 9.17) is 18.9 Å². The Morgan fingerprint density at radius 3 is 2.07 bits per heavy atom. The molecule has 0 fully saturated rings. The average molecular weight is 559 g/mol. The first-order valence-corrected chi connectivity index (χ1v) is 13.0. The number of aliphatic hydroxyl groups is 2. The predicted molar refractivity (Wildman–Crippen MR) is 143 cm³/mol. The Kier molecular flexibility index (Phi) is 5.44. The molecule has 3 heterocycles. The van der Waals surface area contributed by atoms with Crippen molar-refractivity contribution in [2.24, 2.45) is 0 Å². The maximum Gasteiger partial charge on any atom is 0.305 e. The van der Waals surface area contributed by atoms with E-state index >= 15 is 0 Å². The highest BCUT2D eigenvalue weighted by Gasteiger charge is 2.60. The summed E-state index contributed by atoms with van der Waals surface area (Å²) >= 11 is 0. The molecule has 6 N–H and O–H groups in total. The molecular weight excluding hydrogens is 532 g/mol. The summed E-state index contributed by atoms with van der Waals surface area (Å²) in [7, 11) is 1.45. The van der Waals surface area contributed by atoms with Gasteiger partial charge in [0.15, 0.2) is 0 Å². The SMILES string of the molecule is COc1cc(O)c2c(c1)O[C@@]1(c3ccc(O)cc3)Oc3cc(O)c4c(c3[C@@H]2[C@H]1O)O[C@H](c1ccc(O)cc1)[C@H](O)C4. The Labute approximate surface area is 233 Å². The number of phenolic OH excluding ortho intramolecular Hbond substituents is 4.